The molecule has 0 saturated carbocycles. The monoisotopic (exact) mass is 304 g/mol. The lowest BCUT2D eigenvalue weighted by Crippen LogP contribution is -2.48. The number of amides is 1. The van der Waals surface area contributed by atoms with Gasteiger partial charge < -0.3 is 15.8 Å². The minimum Gasteiger partial charge on any atom is -0.367 e. The number of alkyl halides is 3. The van der Waals surface area contributed by atoms with E-state index in [0.717, 1.165) is 5.56 Å². The van der Waals surface area contributed by atoms with Gasteiger partial charge in [-0.05, 0) is 25.0 Å². The number of ether oxygens (including phenoxy) is 1. The van der Waals surface area contributed by atoms with E-state index in [1.54, 1.807) is 38.1 Å². The molecule has 0 heterocycles. The molecule has 0 spiro atoms. The minimum atomic E-state index is -4.32. The molecule has 3 N–H and O–H groups in total. The fourth-order valence-corrected chi connectivity index (χ4v) is 1.45. The molecule has 0 aromatic heterocycles. The van der Waals surface area contributed by atoms with Crippen LogP contribution in [0.1, 0.15) is 25.0 Å². The Labute approximate surface area is 121 Å². The number of nitrogens with one attached hydrogen (secondary N) is 1. The molecule has 0 aliphatic rings. The van der Waals surface area contributed by atoms with Gasteiger partial charge in [0.25, 0.3) is 0 Å². The molecule has 1 amide bonds. The van der Waals surface area contributed by atoms with E-state index in [1.807, 2.05) is 0 Å². The van der Waals surface area contributed by atoms with Crippen molar-refractivity contribution in [2.75, 3.05) is 6.61 Å². The fraction of sp³-hybridized carbons (Fsp3) is 0.500. The molecule has 0 aliphatic carbocycles. The van der Waals surface area contributed by atoms with Gasteiger partial charge in [0.05, 0.1) is 12.1 Å². The van der Waals surface area contributed by atoms with E-state index in [1.165, 1.54) is 0 Å². The van der Waals surface area contributed by atoms with Gasteiger partial charge in [0, 0.05) is 6.54 Å². The number of hydrogen-bond donors (Lipinski definition) is 2. The summed E-state index contributed by atoms with van der Waals surface area (Å²) in [5, 5.41) is 2.68. The molecule has 1 rings (SSSR count). The predicted octanol–water partition coefficient (Wildman–Crippen LogP) is 2.12. The van der Waals surface area contributed by atoms with Crippen LogP contribution in [-0.4, -0.2) is 24.2 Å². The molecule has 0 aliphatic heterocycles. The van der Waals surface area contributed by atoms with Crippen molar-refractivity contribution in [1.29, 1.82) is 0 Å². The average Bonchev–Trinajstić information content (AvgIpc) is 2.34. The second-order valence-corrected chi connectivity index (χ2v) is 5.33. The molecule has 21 heavy (non-hydrogen) atoms. The molecule has 0 fully saturated rings. The number of rotatable bonds is 6. The summed E-state index contributed by atoms with van der Waals surface area (Å²) in [6.45, 7) is 2.13. The maximum atomic E-state index is 11.9. The van der Waals surface area contributed by atoms with Gasteiger partial charge in [-0.1, -0.05) is 24.3 Å². The number of benzene rings is 1. The van der Waals surface area contributed by atoms with Crippen molar-refractivity contribution < 1.29 is 22.7 Å². The first kappa shape index (κ1) is 17.5. The Hall–Kier alpha value is -1.60. The Morgan fingerprint density at radius 3 is 2.19 bits per heavy atom. The standard InChI is InChI=1S/C14H19F3N2O2/c1-13(2,18)12(20)19-7-10-3-5-11(6-4-10)8-21-9-14(15,16)17/h3-6H,7-9,18H2,1-2H3,(H,19,20). The van der Waals surface area contributed by atoms with Crippen LogP contribution in [0.25, 0.3) is 0 Å². The summed E-state index contributed by atoms with van der Waals surface area (Å²) in [4.78, 5) is 11.6. The summed E-state index contributed by atoms with van der Waals surface area (Å²) < 4.78 is 40.3. The van der Waals surface area contributed by atoms with E-state index in [9.17, 15) is 18.0 Å². The first-order valence-electron chi connectivity index (χ1n) is 6.37. The largest absolute Gasteiger partial charge is 0.411 e. The number of halogens is 3. The van der Waals surface area contributed by atoms with Crippen LogP contribution in [0.2, 0.25) is 0 Å². The Balaban J connectivity index is 2.42. The lowest BCUT2D eigenvalue weighted by Gasteiger charge is -2.17. The van der Waals surface area contributed by atoms with Crippen LogP contribution in [0.15, 0.2) is 24.3 Å². The molecule has 0 unspecified atom stereocenters. The Morgan fingerprint density at radius 2 is 1.71 bits per heavy atom. The van der Waals surface area contributed by atoms with Crippen LogP contribution >= 0.6 is 0 Å². The maximum Gasteiger partial charge on any atom is 0.411 e. The highest BCUT2D eigenvalue weighted by Gasteiger charge is 2.27. The Bertz CT molecular complexity index is 465. The van der Waals surface area contributed by atoms with Crippen molar-refractivity contribution in [2.45, 2.75) is 38.7 Å². The average molecular weight is 304 g/mol. The zero-order chi connectivity index (χ0) is 16.1. The van der Waals surface area contributed by atoms with Crippen LogP contribution in [0, 0.1) is 0 Å². The third kappa shape index (κ3) is 7.10. The first-order valence-corrected chi connectivity index (χ1v) is 6.37. The van der Waals surface area contributed by atoms with Gasteiger partial charge in [0.15, 0.2) is 0 Å². The van der Waals surface area contributed by atoms with Crippen molar-refractivity contribution in [2.24, 2.45) is 5.73 Å². The number of nitrogens with two attached hydrogens (primary N) is 1. The molecular formula is C14H19F3N2O2. The summed E-state index contributed by atoms with van der Waals surface area (Å²) in [6.07, 6.45) is -4.32. The summed E-state index contributed by atoms with van der Waals surface area (Å²) in [5.41, 5.74) is 6.14. The second-order valence-electron chi connectivity index (χ2n) is 5.33. The highest BCUT2D eigenvalue weighted by Crippen LogP contribution is 2.15. The molecule has 0 saturated heterocycles. The zero-order valence-corrected chi connectivity index (χ0v) is 12.0. The van der Waals surface area contributed by atoms with Gasteiger partial charge >= 0.3 is 6.18 Å². The number of hydrogen-bond acceptors (Lipinski definition) is 3. The second kappa shape index (κ2) is 6.91. The van der Waals surface area contributed by atoms with Crippen molar-refractivity contribution >= 4 is 5.91 Å². The van der Waals surface area contributed by atoms with E-state index < -0.39 is 18.3 Å². The van der Waals surface area contributed by atoms with Crippen molar-refractivity contribution in [3.63, 3.8) is 0 Å². The van der Waals surface area contributed by atoms with E-state index >= 15 is 0 Å². The summed E-state index contributed by atoms with van der Waals surface area (Å²) >= 11 is 0. The Morgan fingerprint density at radius 1 is 1.19 bits per heavy atom. The highest BCUT2D eigenvalue weighted by atomic mass is 19.4. The molecule has 118 valence electrons. The molecule has 0 radical (unpaired) electrons. The van der Waals surface area contributed by atoms with Gasteiger partial charge in [-0.15, -0.1) is 0 Å². The lowest BCUT2D eigenvalue weighted by molar-refractivity contribution is -0.176. The normalized spacial score (nSPS) is 12.3. The SMILES string of the molecule is CC(C)(N)C(=O)NCc1ccc(COCC(F)(F)F)cc1. The van der Waals surface area contributed by atoms with Crippen LogP contribution in [0.4, 0.5) is 13.2 Å². The van der Waals surface area contributed by atoms with Crippen LogP contribution in [0.5, 0.6) is 0 Å². The van der Waals surface area contributed by atoms with Crippen LogP contribution in [0.3, 0.4) is 0 Å². The highest BCUT2D eigenvalue weighted by molar-refractivity contribution is 5.84. The number of carbonyl (C=O) groups is 1. The molecule has 0 bridgehead atoms. The Kier molecular flexibility index (Phi) is 5.74. The molecule has 1 aromatic carbocycles. The van der Waals surface area contributed by atoms with E-state index in [2.05, 4.69) is 10.1 Å². The van der Waals surface area contributed by atoms with Gasteiger partial charge in [0.2, 0.25) is 5.91 Å². The van der Waals surface area contributed by atoms with Crippen molar-refractivity contribution in [3.05, 3.63) is 35.4 Å². The summed E-state index contributed by atoms with van der Waals surface area (Å²) in [7, 11) is 0. The molecular weight excluding hydrogens is 285 g/mol. The van der Waals surface area contributed by atoms with Crippen molar-refractivity contribution in [1.82, 2.24) is 5.32 Å². The molecule has 7 heteroatoms. The van der Waals surface area contributed by atoms with Crippen LogP contribution < -0.4 is 11.1 Å². The predicted molar refractivity (Wildman–Crippen MR) is 72.3 cm³/mol. The zero-order valence-electron chi connectivity index (χ0n) is 12.0. The molecule has 0 atom stereocenters. The summed E-state index contributed by atoms with van der Waals surface area (Å²) in [6, 6.07) is 6.75. The van der Waals surface area contributed by atoms with E-state index in [-0.39, 0.29) is 12.5 Å². The topological polar surface area (TPSA) is 64.4 Å². The quantitative estimate of drug-likeness (QED) is 0.846. The minimum absolute atomic E-state index is 0.109. The molecule has 1 aromatic rings. The lowest BCUT2D eigenvalue weighted by atomic mass is 10.1. The summed E-state index contributed by atoms with van der Waals surface area (Å²) in [5.74, 6) is -0.278. The van der Waals surface area contributed by atoms with Gasteiger partial charge in [-0.3, -0.25) is 4.79 Å². The van der Waals surface area contributed by atoms with E-state index in [4.69, 9.17) is 5.73 Å². The third-order valence-electron chi connectivity index (χ3n) is 2.60. The van der Waals surface area contributed by atoms with Gasteiger partial charge in [0.1, 0.15) is 6.61 Å². The van der Waals surface area contributed by atoms with Gasteiger partial charge in [-0.2, -0.15) is 13.2 Å². The number of carbonyl (C=O) groups excluding carboxylic acids is 1. The van der Waals surface area contributed by atoms with Gasteiger partial charge in [-0.25, -0.2) is 0 Å². The van der Waals surface area contributed by atoms with E-state index in [0.29, 0.717) is 12.1 Å². The van der Waals surface area contributed by atoms with Crippen molar-refractivity contribution in [3.8, 4) is 0 Å². The molecule has 4 nitrogen and oxygen atoms in total. The van der Waals surface area contributed by atoms with Crippen LogP contribution in [-0.2, 0) is 22.7 Å². The first-order chi connectivity index (χ1) is 9.58. The smallest absolute Gasteiger partial charge is 0.367 e. The fourth-order valence-electron chi connectivity index (χ4n) is 1.45. The third-order valence-corrected chi connectivity index (χ3v) is 2.60. The maximum absolute atomic E-state index is 11.9.